The molecule has 2 aromatic rings. The third-order valence-corrected chi connectivity index (χ3v) is 5.98. The number of pyridine rings is 1. The first-order valence-electron chi connectivity index (χ1n) is 10.4. The molecule has 1 aromatic carbocycles. The number of nitro benzene ring substituents is 1. The number of ether oxygens (including phenoxy) is 1. The van der Waals surface area contributed by atoms with Crippen molar-refractivity contribution in [2.75, 3.05) is 12.0 Å². The van der Waals surface area contributed by atoms with Gasteiger partial charge in [-0.2, -0.15) is 0 Å². The molecule has 9 heteroatoms. The fourth-order valence-corrected chi connectivity index (χ4v) is 4.64. The van der Waals surface area contributed by atoms with Crippen molar-refractivity contribution >= 4 is 23.1 Å². The number of nitro groups is 1. The van der Waals surface area contributed by atoms with E-state index in [1.807, 2.05) is 13.8 Å². The highest BCUT2D eigenvalue weighted by Crippen LogP contribution is 2.50. The minimum absolute atomic E-state index is 0.0699. The van der Waals surface area contributed by atoms with Crippen LogP contribution in [0.3, 0.4) is 0 Å². The van der Waals surface area contributed by atoms with Gasteiger partial charge in [0.05, 0.1) is 29.2 Å². The van der Waals surface area contributed by atoms with E-state index in [4.69, 9.17) is 10.5 Å². The second kappa shape index (κ2) is 8.16. The molecular formula is C24H24N4O5. The Morgan fingerprint density at radius 1 is 1.27 bits per heavy atom. The van der Waals surface area contributed by atoms with E-state index >= 15 is 0 Å². The number of nitrogens with zero attached hydrogens (tertiary/aromatic N) is 3. The number of hydrogen-bond acceptors (Lipinski definition) is 8. The summed E-state index contributed by atoms with van der Waals surface area (Å²) in [7, 11) is 1.25. The summed E-state index contributed by atoms with van der Waals surface area (Å²) in [5, 5.41) is 11.4. The van der Waals surface area contributed by atoms with Crippen molar-refractivity contribution in [2.24, 2.45) is 11.1 Å². The third kappa shape index (κ3) is 3.86. The topological polar surface area (TPSA) is 129 Å². The van der Waals surface area contributed by atoms with Crippen LogP contribution >= 0.6 is 0 Å². The monoisotopic (exact) mass is 448 g/mol. The van der Waals surface area contributed by atoms with Crippen molar-refractivity contribution in [3.8, 4) is 0 Å². The minimum atomic E-state index is -0.750. The summed E-state index contributed by atoms with van der Waals surface area (Å²) >= 11 is 0. The molecule has 4 rings (SSSR count). The van der Waals surface area contributed by atoms with Crippen LogP contribution in [0.2, 0.25) is 0 Å². The van der Waals surface area contributed by atoms with Crippen LogP contribution in [0.4, 0.5) is 11.4 Å². The zero-order valence-electron chi connectivity index (χ0n) is 18.6. The Morgan fingerprint density at radius 3 is 2.67 bits per heavy atom. The average Bonchev–Trinajstić information content (AvgIpc) is 2.77. The summed E-state index contributed by atoms with van der Waals surface area (Å²) < 4.78 is 5.05. The number of benzene rings is 1. The van der Waals surface area contributed by atoms with E-state index in [2.05, 4.69) is 4.98 Å². The highest BCUT2D eigenvalue weighted by atomic mass is 16.6. The molecule has 0 saturated carbocycles. The van der Waals surface area contributed by atoms with Crippen molar-refractivity contribution in [3.63, 3.8) is 0 Å². The minimum Gasteiger partial charge on any atom is -0.466 e. The van der Waals surface area contributed by atoms with E-state index in [-0.39, 0.29) is 28.3 Å². The van der Waals surface area contributed by atoms with Crippen LogP contribution in [0.1, 0.15) is 38.2 Å². The number of anilines is 1. The number of carbonyl (C=O) groups is 2. The Kier molecular flexibility index (Phi) is 5.49. The second-order valence-electron chi connectivity index (χ2n) is 8.92. The molecule has 0 spiro atoms. The van der Waals surface area contributed by atoms with Crippen LogP contribution in [0.15, 0.2) is 71.5 Å². The van der Waals surface area contributed by atoms with E-state index in [0.717, 1.165) is 0 Å². The number of hydrogen-bond donors (Lipinski definition) is 1. The molecule has 33 heavy (non-hydrogen) atoms. The summed E-state index contributed by atoms with van der Waals surface area (Å²) in [5.41, 5.74) is 8.29. The Morgan fingerprint density at radius 2 is 2.03 bits per heavy atom. The summed E-state index contributed by atoms with van der Waals surface area (Å²) in [6.07, 6.45) is 3.98. The molecule has 1 aliphatic heterocycles. The second-order valence-corrected chi connectivity index (χ2v) is 8.92. The van der Waals surface area contributed by atoms with Crippen LogP contribution < -0.4 is 10.6 Å². The Labute approximate surface area is 190 Å². The highest BCUT2D eigenvalue weighted by molar-refractivity contribution is 6.05. The van der Waals surface area contributed by atoms with Gasteiger partial charge in [0, 0.05) is 42.2 Å². The van der Waals surface area contributed by atoms with Gasteiger partial charge in [-0.15, -0.1) is 0 Å². The van der Waals surface area contributed by atoms with Crippen LogP contribution in [-0.4, -0.2) is 28.8 Å². The number of Topliss-reactive ketones (excluding diaryl/α,β-unsaturated/α-hetero) is 1. The van der Waals surface area contributed by atoms with Gasteiger partial charge in [0.2, 0.25) is 0 Å². The molecule has 1 atom stereocenters. The molecule has 0 radical (unpaired) electrons. The van der Waals surface area contributed by atoms with Crippen LogP contribution in [-0.2, 0) is 14.3 Å². The molecule has 2 N–H and O–H groups in total. The maximum absolute atomic E-state index is 13.5. The Hall–Kier alpha value is -4.01. The lowest BCUT2D eigenvalue weighted by atomic mass is 9.68. The lowest BCUT2D eigenvalue weighted by Gasteiger charge is -2.44. The number of rotatable bonds is 4. The van der Waals surface area contributed by atoms with E-state index in [1.54, 1.807) is 41.6 Å². The van der Waals surface area contributed by atoms with Gasteiger partial charge in [0.15, 0.2) is 5.78 Å². The van der Waals surface area contributed by atoms with E-state index in [9.17, 15) is 19.7 Å². The van der Waals surface area contributed by atoms with E-state index in [1.165, 1.54) is 19.2 Å². The maximum Gasteiger partial charge on any atom is 0.338 e. The number of ketones is 1. The largest absolute Gasteiger partial charge is 0.466 e. The first-order valence-corrected chi connectivity index (χ1v) is 10.4. The summed E-state index contributed by atoms with van der Waals surface area (Å²) in [6, 6.07) is 9.47. The number of allylic oxidation sites excluding steroid dienone is 2. The van der Waals surface area contributed by atoms with Gasteiger partial charge in [0.25, 0.3) is 5.69 Å². The smallest absolute Gasteiger partial charge is 0.338 e. The number of esters is 1. The summed E-state index contributed by atoms with van der Waals surface area (Å²) in [4.78, 5) is 43.1. The number of methoxy groups -OCH3 is 1. The molecule has 1 aromatic heterocycles. The SMILES string of the molecule is COC(=O)C1=C(N)N(c2cccc([N+](=O)[O-])c2)C2=C(C(=O)CC(C)(C)C2)[C@@H]1c1cccnc1. The molecule has 0 fully saturated rings. The molecule has 2 heterocycles. The first kappa shape index (κ1) is 22.2. The fourth-order valence-electron chi connectivity index (χ4n) is 4.64. The lowest BCUT2D eigenvalue weighted by molar-refractivity contribution is -0.384. The number of carbonyl (C=O) groups excluding carboxylic acids is 2. The molecule has 170 valence electrons. The number of aromatic nitrogens is 1. The molecule has 1 aliphatic carbocycles. The van der Waals surface area contributed by atoms with E-state index < -0.39 is 16.8 Å². The zero-order valence-corrected chi connectivity index (χ0v) is 18.6. The van der Waals surface area contributed by atoms with Crippen molar-refractivity contribution in [2.45, 2.75) is 32.6 Å². The van der Waals surface area contributed by atoms with Crippen molar-refractivity contribution in [1.82, 2.24) is 4.98 Å². The predicted octanol–water partition coefficient (Wildman–Crippen LogP) is 3.58. The van der Waals surface area contributed by atoms with Crippen LogP contribution in [0.25, 0.3) is 0 Å². The van der Waals surface area contributed by atoms with Crippen LogP contribution in [0, 0.1) is 15.5 Å². The van der Waals surface area contributed by atoms with Gasteiger partial charge in [0.1, 0.15) is 5.82 Å². The van der Waals surface area contributed by atoms with Gasteiger partial charge >= 0.3 is 5.97 Å². The average molecular weight is 448 g/mol. The third-order valence-electron chi connectivity index (χ3n) is 5.98. The zero-order chi connectivity index (χ0) is 23.9. The number of nitrogens with two attached hydrogens (primary N) is 1. The quantitative estimate of drug-likeness (QED) is 0.427. The fraction of sp³-hybridized carbons (Fsp3) is 0.292. The van der Waals surface area contributed by atoms with Crippen molar-refractivity contribution in [3.05, 3.63) is 87.1 Å². The van der Waals surface area contributed by atoms with Gasteiger partial charge in [-0.05, 0) is 29.5 Å². The Bertz CT molecular complexity index is 1220. The van der Waals surface area contributed by atoms with Gasteiger partial charge in [-0.1, -0.05) is 26.0 Å². The van der Waals surface area contributed by atoms with Gasteiger partial charge in [-0.3, -0.25) is 24.8 Å². The number of non-ortho nitro benzene ring substituents is 1. The maximum atomic E-state index is 13.5. The van der Waals surface area contributed by atoms with Crippen LogP contribution in [0.5, 0.6) is 0 Å². The molecule has 0 saturated heterocycles. The Balaban J connectivity index is 2.04. The van der Waals surface area contributed by atoms with Gasteiger partial charge in [-0.25, -0.2) is 4.79 Å². The molecular weight excluding hydrogens is 424 g/mol. The molecule has 0 bridgehead atoms. The van der Waals surface area contributed by atoms with E-state index in [0.29, 0.717) is 35.4 Å². The summed E-state index contributed by atoms with van der Waals surface area (Å²) in [6.45, 7) is 3.96. The lowest BCUT2D eigenvalue weighted by Crippen LogP contribution is -2.43. The standard InChI is InChI=1S/C24H24N4O5/c1-24(2)11-17-20(18(29)12-24)19(14-6-5-9-26-13-14)21(23(30)33-3)22(25)27(17)15-7-4-8-16(10-15)28(31)32/h4-10,13,19H,11-12,25H2,1-3H3/t19-/m0/s1. The molecule has 0 unspecified atom stereocenters. The van der Waals surface area contributed by atoms with Crippen molar-refractivity contribution < 1.29 is 19.2 Å². The molecule has 9 nitrogen and oxygen atoms in total. The normalized spacial score (nSPS) is 19.9. The highest BCUT2D eigenvalue weighted by Gasteiger charge is 2.46. The van der Waals surface area contributed by atoms with Crippen molar-refractivity contribution in [1.29, 1.82) is 0 Å². The molecule has 2 aliphatic rings. The van der Waals surface area contributed by atoms with Gasteiger partial charge < -0.3 is 10.5 Å². The predicted molar refractivity (Wildman–Crippen MR) is 121 cm³/mol. The first-order chi connectivity index (χ1) is 15.6. The summed E-state index contributed by atoms with van der Waals surface area (Å²) in [5.74, 6) is -1.47. The molecule has 0 amide bonds.